The van der Waals surface area contributed by atoms with Crippen molar-refractivity contribution in [2.24, 2.45) is 0 Å². The summed E-state index contributed by atoms with van der Waals surface area (Å²) in [6, 6.07) is 7.96. The Balaban J connectivity index is 2.50. The molecule has 0 aliphatic heterocycles. The average Bonchev–Trinajstić information content (AvgIpc) is 2.37. The van der Waals surface area contributed by atoms with Gasteiger partial charge in [0, 0.05) is 0 Å². The molecule has 0 saturated heterocycles. The van der Waals surface area contributed by atoms with E-state index in [1.54, 1.807) is 31.2 Å². The first kappa shape index (κ1) is 13.5. The fourth-order valence-electron chi connectivity index (χ4n) is 1.22. The monoisotopic (exact) mass is 247 g/mol. The summed E-state index contributed by atoms with van der Waals surface area (Å²) in [5.41, 5.74) is 0.741. The third-order valence-corrected chi connectivity index (χ3v) is 1.99. The van der Waals surface area contributed by atoms with Crippen molar-refractivity contribution in [1.82, 2.24) is 5.32 Å². The Kier molecular flexibility index (Phi) is 5.19. The number of amides is 2. The highest BCUT2D eigenvalue weighted by Gasteiger charge is 2.07. The number of carbonyl (C=O) groups excluding carboxylic acids is 2. The molecular weight excluding hydrogens is 234 g/mol. The van der Waals surface area contributed by atoms with Crippen LogP contribution in [0.4, 0.5) is 10.5 Å². The van der Waals surface area contributed by atoms with E-state index in [-0.39, 0.29) is 13.2 Å². The molecule has 94 valence electrons. The zero-order valence-corrected chi connectivity index (χ0v) is 9.90. The third kappa shape index (κ3) is 4.14. The molecular formula is C12H13N3O3. The topological polar surface area (TPSA) is 91.2 Å². The van der Waals surface area contributed by atoms with E-state index in [0.717, 1.165) is 0 Å². The van der Waals surface area contributed by atoms with Crippen LogP contribution in [0, 0.1) is 11.3 Å². The summed E-state index contributed by atoms with van der Waals surface area (Å²) < 4.78 is 4.65. The Labute approximate surface area is 105 Å². The maximum Gasteiger partial charge on any atom is 0.325 e. The molecule has 1 aromatic rings. The van der Waals surface area contributed by atoms with E-state index < -0.39 is 12.0 Å². The van der Waals surface area contributed by atoms with E-state index in [9.17, 15) is 9.59 Å². The molecule has 0 spiro atoms. The number of rotatable bonds is 4. The van der Waals surface area contributed by atoms with Crippen molar-refractivity contribution in [3.8, 4) is 6.07 Å². The molecule has 6 nitrogen and oxygen atoms in total. The van der Waals surface area contributed by atoms with E-state index in [1.807, 2.05) is 6.07 Å². The largest absolute Gasteiger partial charge is 0.465 e. The molecule has 0 atom stereocenters. The van der Waals surface area contributed by atoms with E-state index in [4.69, 9.17) is 5.26 Å². The van der Waals surface area contributed by atoms with Gasteiger partial charge in [0.2, 0.25) is 0 Å². The van der Waals surface area contributed by atoms with Gasteiger partial charge in [0.1, 0.15) is 12.6 Å². The lowest BCUT2D eigenvalue weighted by atomic mass is 10.2. The number of urea groups is 1. The van der Waals surface area contributed by atoms with Gasteiger partial charge in [0.15, 0.2) is 0 Å². The van der Waals surface area contributed by atoms with Crippen LogP contribution in [0.3, 0.4) is 0 Å². The van der Waals surface area contributed by atoms with Crippen LogP contribution in [0.25, 0.3) is 0 Å². The summed E-state index contributed by atoms with van der Waals surface area (Å²) in [6.07, 6.45) is 0. The zero-order valence-electron chi connectivity index (χ0n) is 9.90. The zero-order chi connectivity index (χ0) is 13.4. The van der Waals surface area contributed by atoms with Gasteiger partial charge in [0.05, 0.1) is 17.9 Å². The van der Waals surface area contributed by atoms with Crippen LogP contribution in [0.15, 0.2) is 24.3 Å². The van der Waals surface area contributed by atoms with Gasteiger partial charge >= 0.3 is 12.0 Å². The fraction of sp³-hybridized carbons (Fsp3) is 0.250. The second-order valence-corrected chi connectivity index (χ2v) is 3.27. The van der Waals surface area contributed by atoms with Gasteiger partial charge in [-0.1, -0.05) is 12.1 Å². The molecule has 0 bridgehead atoms. The predicted octanol–water partition coefficient (Wildman–Crippen LogP) is 1.24. The van der Waals surface area contributed by atoms with Gasteiger partial charge in [-0.2, -0.15) is 5.26 Å². The Morgan fingerprint density at radius 2 is 2.11 bits per heavy atom. The highest BCUT2D eigenvalue weighted by atomic mass is 16.5. The number of carbonyl (C=O) groups is 2. The highest BCUT2D eigenvalue weighted by Crippen LogP contribution is 2.12. The number of benzene rings is 1. The summed E-state index contributed by atoms with van der Waals surface area (Å²) in [7, 11) is 0. The van der Waals surface area contributed by atoms with Crippen LogP contribution in [-0.4, -0.2) is 25.2 Å². The number of hydrogen-bond donors (Lipinski definition) is 2. The summed E-state index contributed by atoms with van der Waals surface area (Å²) in [5.74, 6) is -0.513. The normalized spacial score (nSPS) is 9.11. The number of para-hydroxylation sites is 1. The first-order valence-corrected chi connectivity index (χ1v) is 5.37. The maximum absolute atomic E-state index is 11.4. The number of nitrogens with one attached hydrogen (secondary N) is 2. The summed E-state index contributed by atoms with van der Waals surface area (Å²) in [5, 5.41) is 13.6. The third-order valence-electron chi connectivity index (χ3n) is 1.99. The summed E-state index contributed by atoms with van der Waals surface area (Å²) >= 11 is 0. The molecule has 18 heavy (non-hydrogen) atoms. The number of nitriles is 1. The van der Waals surface area contributed by atoms with Gasteiger partial charge in [-0.05, 0) is 19.1 Å². The first-order chi connectivity index (χ1) is 8.67. The highest BCUT2D eigenvalue weighted by molar-refractivity contribution is 5.92. The van der Waals surface area contributed by atoms with Gasteiger partial charge in [-0.25, -0.2) is 4.79 Å². The number of esters is 1. The molecule has 1 aromatic carbocycles. The second kappa shape index (κ2) is 6.91. The van der Waals surface area contributed by atoms with E-state index in [0.29, 0.717) is 11.3 Å². The van der Waals surface area contributed by atoms with Gasteiger partial charge < -0.3 is 15.4 Å². The van der Waals surface area contributed by atoms with Crippen LogP contribution >= 0.6 is 0 Å². The lowest BCUT2D eigenvalue weighted by molar-refractivity contribution is -0.141. The van der Waals surface area contributed by atoms with Crippen molar-refractivity contribution in [1.29, 1.82) is 5.26 Å². The van der Waals surface area contributed by atoms with Gasteiger partial charge in [-0.3, -0.25) is 4.79 Å². The van der Waals surface area contributed by atoms with Crippen molar-refractivity contribution in [2.45, 2.75) is 6.92 Å². The molecule has 0 radical (unpaired) electrons. The van der Waals surface area contributed by atoms with Gasteiger partial charge in [-0.15, -0.1) is 0 Å². The number of nitrogens with zero attached hydrogens (tertiary/aromatic N) is 1. The molecule has 0 unspecified atom stereocenters. The molecule has 0 aromatic heterocycles. The van der Waals surface area contributed by atoms with E-state index in [1.165, 1.54) is 0 Å². The van der Waals surface area contributed by atoms with Crippen molar-refractivity contribution in [2.75, 3.05) is 18.5 Å². The molecule has 6 heteroatoms. The fourth-order valence-corrected chi connectivity index (χ4v) is 1.22. The smallest absolute Gasteiger partial charge is 0.325 e. The number of ether oxygens (including phenoxy) is 1. The van der Waals surface area contributed by atoms with Crippen LogP contribution in [0.5, 0.6) is 0 Å². The minimum Gasteiger partial charge on any atom is -0.465 e. The van der Waals surface area contributed by atoms with Crippen LogP contribution in [0.2, 0.25) is 0 Å². The predicted molar refractivity (Wildman–Crippen MR) is 64.8 cm³/mol. The molecule has 0 aliphatic carbocycles. The standard InChI is InChI=1S/C12H13N3O3/c1-2-18-11(16)8-14-12(17)15-10-6-4-3-5-9(10)7-13/h3-6H,2,8H2,1H3,(H2,14,15,17). The Hall–Kier alpha value is -2.55. The minimum atomic E-state index is -0.564. The molecule has 0 fully saturated rings. The number of hydrogen-bond acceptors (Lipinski definition) is 4. The lowest BCUT2D eigenvalue weighted by Gasteiger charge is -2.08. The van der Waals surface area contributed by atoms with Crippen molar-refractivity contribution in [3.63, 3.8) is 0 Å². The molecule has 1 rings (SSSR count). The molecule has 2 amide bonds. The van der Waals surface area contributed by atoms with Crippen LogP contribution in [0.1, 0.15) is 12.5 Å². The quantitative estimate of drug-likeness (QED) is 0.783. The Morgan fingerprint density at radius 1 is 1.39 bits per heavy atom. The van der Waals surface area contributed by atoms with Crippen LogP contribution in [-0.2, 0) is 9.53 Å². The van der Waals surface area contributed by atoms with Gasteiger partial charge in [0.25, 0.3) is 0 Å². The van der Waals surface area contributed by atoms with Crippen LogP contribution < -0.4 is 10.6 Å². The van der Waals surface area contributed by atoms with Crippen molar-refractivity contribution < 1.29 is 14.3 Å². The SMILES string of the molecule is CCOC(=O)CNC(=O)Nc1ccccc1C#N. The Morgan fingerprint density at radius 3 is 2.78 bits per heavy atom. The molecule has 0 heterocycles. The molecule has 0 aliphatic rings. The maximum atomic E-state index is 11.4. The van der Waals surface area contributed by atoms with Crippen molar-refractivity contribution >= 4 is 17.7 Å². The Bertz CT molecular complexity index is 480. The lowest BCUT2D eigenvalue weighted by Crippen LogP contribution is -2.34. The van der Waals surface area contributed by atoms with Crippen molar-refractivity contribution in [3.05, 3.63) is 29.8 Å². The summed E-state index contributed by atoms with van der Waals surface area (Å²) in [4.78, 5) is 22.5. The first-order valence-electron chi connectivity index (χ1n) is 5.37. The van der Waals surface area contributed by atoms with E-state index in [2.05, 4.69) is 15.4 Å². The molecule has 0 saturated carbocycles. The minimum absolute atomic E-state index is 0.214. The van der Waals surface area contributed by atoms with E-state index >= 15 is 0 Å². The molecule has 2 N–H and O–H groups in total. The second-order valence-electron chi connectivity index (χ2n) is 3.27. The number of anilines is 1. The summed E-state index contributed by atoms with van der Waals surface area (Å²) in [6.45, 7) is 1.73. The average molecular weight is 247 g/mol.